The summed E-state index contributed by atoms with van der Waals surface area (Å²) in [5, 5.41) is 9.20. The van der Waals surface area contributed by atoms with E-state index >= 15 is 0 Å². The molecule has 22 heavy (non-hydrogen) atoms. The zero-order valence-electron chi connectivity index (χ0n) is 11.6. The van der Waals surface area contributed by atoms with Crippen molar-refractivity contribution in [3.63, 3.8) is 0 Å². The van der Waals surface area contributed by atoms with E-state index in [-0.39, 0.29) is 22.7 Å². The smallest absolute Gasteiger partial charge is 0.170 e. The first-order valence-corrected chi connectivity index (χ1v) is 6.48. The quantitative estimate of drug-likeness (QED) is 0.787. The number of aromatic nitrogens is 3. The van der Waals surface area contributed by atoms with Crippen molar-refractivity contribution in [3.05, 3.63) is 60.1 Å². The second kappa shape index (κ2) is 5.48. The van der Waals surface area contributed by atoms with Gasteiger partial charge in [-0.1, -0.05) is 6.07 Å². The lowest BCUT2D eigenvalue weighted by Gasteiger charge is -2.06. The predicted molar refractivity (Wildman–Crippen MR) is 77.0 cm³/mol. The molecule has 0 aliphatic rings. The second-order valence-corrected chi connectivity index (χ2v) is 4.75. The number of hydrogen-bond donors (Lipinski definition) is 1. The minimum atomic E-state index is -0.962. The molecule has 0 saturated heterocycles. The summed E-state index contributed by atoms with van der Waals surface area (Å²) in [6, 6.07) is 6.03. The molecule has 0 aliphatic carbocycles. The third kappa shape index (κ3) is 2.50. The molecule has 2 aromatic heterocycles. The molecule has 0 atom stereocenters. The number of aryl methyl sites for hydroxylation is 1. The largest absolute Gasteiger partial charge is 0.506 e. The van der Waals surface area contributed by atoms with Crippen LogP contribution in [0.3, 0.4) is 0 Å². The average molecular weight is 299 g/mol. The van der Waals surface area contributed by atoms with Crippen LogP contribution in [0.25, 0.3) is 22.6 Å². The summed E-state index contributed by atoms with van der Waals surface area (Å²) < 4.78 is 27.5. The van der Waals surface area contributed by atoms with Crippen LogP contribution in [0.5, 0.6) is 5.75 Å². The molecule has 1 N–H and O–H groups in total. The van der Waals surface area contributed by atoms with Crippen molar-refractivity contribution in [2.75, 3.05) is 0 Å². The molecule has 2 heterocycles. The minimum absolute atomic E-state index is 0.00770. The highest BCUT2D eigenvalue weighted by Gasteiger charge is 2.14. The molecule has 0 spiro atoms. The van der Waals surface area contributed by atoms with Gasteiger partial charge in [0.05, 0.1) is 17.5 Å². The molecular weight excluding hydrogens is 288 g/mol. The van der Waals surface area contributed by atoms with E-state index in [4.69, 9.17) is 0 Å². The molecule has 3 aromatic rings. The Morgan fingerprint density at radius 1 is 0.864 bits per heavy atom. The molecule has 0 bridgehead atoms. The highest BCUT2D eigenvalue weighted by Crippen LogP contribution is 2.24. The van der Waals surface area contributed by atoms with Crippen molar-refractivity contribution in [2.45, 2.75) is 6.92 Å². The lowest BCUT2D eigenvalue weighted by molar-refractivity contribution is 0.473. The van der Waals surface area contributed by atoms with Gasteiger partial charge in [0.2, 0.25) is 0 Å². The van der Waals surface area contributed by atoms with Crippen LogP contribution in [0.4, 0.5) is 8.78 Å². The van der Waals surface area contributed by atoms with Crippen molar-refractivity contribution in [2.24, 2.45) is 0 Å². The number of rotatable bonds is 2. The van der Waals surface area contributed by atoms with E-state index in [0.29, 0.717) is 11.3 Å². The van der Waals surface area contributed by atoms with Crippen LogP contribution in [0.1, 0.15) is 5.56 Å². The van der Waals surface area contributed by atoms with E-state index in [9.17, 15) is 13.9 Å². The van der Waals surface area contributed by atoms with Crippen LogP contribution in [0, 0.1) is 18.6 Å². The van der Waals surface area contributed by atoms with Crippen molar-refractivity contribution >= 4 is 0 Å². The van der Waals surface area contributed by atoms with E-state index in [1.54, 1.807) is 6.07 Å². The maximum atomic E-state index is 13.9. The van der Waals surface area contributed by atoms with Gasteiger partial charge >= 0.3 is 0 Å². The molecule has 0 amide bonds. The Balaban J connectivity index is 1.98. The molecule has 3 rings (SSSR count). The molecule has 6 heteroatoms. The molecule has 110 valence electrons. The second-order valence-electron chi connectivity index (χ2n) is 4.75. The lowest BCUT2D eigenvalue weighted by atomic mass is 10.1. The Labute approximate surface area is 125 Å². The Kier molecular flexibility index (Phi) is 3.50. The summed E-state index contributed by atoms with van der Waals surface area (Å²) in [4.78, 5) is 12.1. The molecule has 0 fully saturated rings. The minimum Gasteiger partial charge on any atom is -0.506 e. The van der Waals surface area contributed by atoms with Crippen LogP contribution >= 0.6 is 0 Å². The van der Waals surface area contributed by atoms with Gasteiger partial charge in [0.1, 0.15) is 5.75 Å². The first kappa shape index (κ1) is 14.1. The van der Waals surface area contributed by atoms with E-state index in [1.807, 2.05) is 0 Å². The topological polar surface area (TPSA) is 58.9 Å². The Bertz CT molecular complexity index is 818. The van der Waals surface area contributed by atoms with Gasteiger partial charge in [-0.25, -0.2) is 18.7 Å². The number of nitrogens with zero attached hydrogens (tertiary/aromatic N) is 3. The standard InChI is InChI=1S/C16H11F2N3O/c1-9-2-4-12(15(18)14(9)17)16-20-6-10(7-21-16)13-5-3-11(22)8-19-13/h2-8,22H,1H3. The monoisotopic (exact) mass is 299 g/mol. The van der Waals surface area contributed by atoms with Crippen molar-refractivity contribution in [3.8, 4) is 28.4 Å². The van der Waals surface area contributed by atoms with E-state index in [0.717, 1.165) is 0 Å². The van der Waals surface area contributed by atoms with Gasteiger partial charge < -0.3 is 5.11 Å². The van der Waals surface area contributed by atoms with Gasteiger partial charge in [0, 0.05) is 18.0 Å². The van der Waals surface area contributed by atoms with Crippen molar-refractivity contribution < 1.29 is 13.9 Å². The first-order valence-electron chi connectivity index (χ1n) is 6.48. The van der Waals surface area contributed by atoms with Gasteiger partial charge in [0.25, 0.3) is 0 Å². The van der Waals surface area contributed by atoms with Gasteiger partial charge in [0.15, 0.2) is 17.5 Å². The number of pyridine rings is 1. The summed E-state index contributed by atoms with van der Waals surface area (Å²) in [6.45, 7) is 1.49. The third-order valence-corrected chi connectivity index (χ3v) is 3.21. The normalized spacial score (nSPS) is 10.7. The Morgan fingerprint density at radius 2 is 1.59 bits per heavy atom. The van der Waals surface area contributed by atoms with Crippen LogP contribution < -0.4 is 0 Å². The molecular formula is C16H11F2N3O. The van der Waals surface area contributed by atoms with Crippen LogP contribution in [0.2, 0.25) is 0 Å². The molecule has 0 aliphatic heterocycles. The molecule has 4 nitrogen and oxygen atoms in total. The molecule has 0 unspecified atom stereocenters. The summed E-state index contributed by atoms with van der Waals surface area (Å²) in [7, 11) is 0. The fraction of sp³-hybridized carbons (Fsp3) is 0.0625. The third-order valence-electron chi connectivity index (χ3n) is 3.21. The van der Waals surface area contributed by atoms with Gasteiger partial charge in [-0.05, 0) is 30.7 Å². The number of halogens is 2. The van der Waals surface area contributed by atoms with Gasteiger partial charge in [-0.2, -0.15) is 0 Å². The molecule has 1 aromatic carbocycles. The highest BCUT2D eigenvalue weighted by atomic mass is 19.2. The van der Waals surface area contributed by atoms with Crippen LogP contribution in [-0.2, 0) is 0 Å². The number of benzene rings is 1. The predicted octanol–water partition coefficient (Wildman–Crippen LogP) is 3.50. The zero-order chi connectivity index (χ0) is 15.7. The van der Waals surface area contributed by atoms with Gasteiger partial charge in [-0.15, -0.1) is 0 Å². The fourth-order valence-electron chi connectivity index (χ4n) is 1.97. The zero-order valence-corrected chi connectivity index (χ0v) is 11.6. The fourth-order valence-corrected chi connectivity index (χ4v) is 1.97. The Hall–Kier alpha value is -2.89. The lowest BCUT2D eigenvalue weighted by Crippen LogP contribution is -1.97. The van der Waals surface area contributed by atoms with Crippen molar-refractivity contribution in [1.29, 1.82) is 0 Å². The van der Waals surface area contributed by atoms with Crippen molar-refractivity contribution in [1.82, 2.24) is 15.0 Å². The molecule has 0 saturated carbocycles. The van der Waals surface area contributed by atoms with Gasteiger partial charge in [-0.3, -0.25) is 4.98 Å². The van der Waals surface area contributed by atoms with E-state index in [2.05, 4.69) is 15.0 Å². The Morgan fingerprint density at radius 3 is 2.23 bits per heavy atom. The highest BCUT2D eigenvalue weighted by molar-refractivity contribution is 5.61. The van der Waals surface area contributed by atoms with E-state index < -0.39 is 11.6 Å². The SMILES string of the molecule is Cc1ccc(-c2ncc(-c3ccc(O)cn3)cn2)c(F)c1F. The maximum absolute atomic E-state index is 13.9. The molecule has 0 radical (unpaired) electrons. The average Bonchev–Trinajstić information content (AvgIpc) is 2.54. The van der Waals surface area contributed by atoms with Crippen LogP contribution in [-0.4, -0.2) is 20.1 Å². The van der Waals surface area contributed by atoms with Crippen LogP contribution in [0.15, 0.2) is 42.9 Å². The number of hydrogen-bond acceptors (Lipinski definition) is 4. The van der Waals surface area contributed by atoms with E-state index in [1.165, 1.54) is 43.7 Å². The summed E-state index contributed by atoms with van der Waals surface area (Å²) in [5.41, 5.74) is 1.41. The summed E-state index contributed by atoms with van der Waals surface area (Å²) >= 11 is 0. The maximum Gasteiger partial charge on any atom is 0.170 e. The summed E-state index contributed by atoms with van der Waals surface area (Å²) in [6.07, 6.45) is 4.25. The first-order chi connectivity index (χ1) is 10.6. The summed E-state index contributed by atoms with van der Waals surface area (Å²) in [5.74, 6) is -1.71. The number of aromatic hydroxyl groups is 1.